The van der Waals surface area contributed by atoms with Gasteiger partial charge < -0.3 is 14.7 Å². The van der Waals surface area contributed by atoms with Crippen LogP contribution in [0, 0.1) is 11.3 Å². The summed E-state index contributed by atoms with van der Waals surface area (Å²) in [4.78, 5) is 22.3. The smallest absolute Gasteiger partial charge is 0.454 e. The van der Waals surface area contributed by atoms with Gasteiger partial charge in [0.1, 0.15) is 12.9 Å². The molecule has 0 aromatic carbocycles. The number of hydrogen-bond acceptors (Lipinski definition) is 9. The number of aromatic nitrogens is 2. The number of halogens is 3. The lowest BCUT2D eigenvalue weighted by Crippen LogP contribution is -2.26. The zero-order chi connectivity index (χ0) is 23.0. The Morgan fingerprint density at radius 2 is 1.90 bits per heavy atom. The topological polar surface area (TPSA) is 139 Å². The second-order valence-electron chi connectivity index (χ2n) is 4.98. The number of aliphatic hydroxyl groups is 2. The van der Waals surface area contributed by atoms with E-state index in [0.717, 1.165) is 24.5 Å². The van der Waals surface area contributed by atoms with Crippen LogP contribution in [-0.2, 0) is 14.6 Å². The average molecular weight is 429 g/mol. The van der Waals surface area contributed by atoms with Gasteiger partial charge in [-0.1, -0.05) is 5.16 Å². The van der Waals surface area contributed by atoms with Crippen molar-refractivity contribution in [3.8, 4) is 17.2 Å². The lowest BCUT2D eigenvalue weighted by Gasteiger charge is -2.06. The minimum atomic E-state index is -5.02. The monoisotopic (exact) mass is 429 g/mol. The molecule has 0 radical (unpaired) electrons. The summed E-state index contributed by atoms with van der Waals surface area (Å²) < 4.78 is 39.8. The maximum absolute atomic E-state index is 11.7. The Balaban J connectivity index is 0.000000448. The van der Waals surface area contributed by atoms with Crippen LogP contribution in [0.1, 0.15) is 6.92 Å². The molecule has 0 unspecified atom stereocenters. The number of allylic oxidation sites excluding steroid dienone is 1. The molecule has 0 amide bonds. The van der Waals surface area contributed by atoms with E-state index in [-0.39, 0.29) is 6.26 Å². The predicted molar refractivity (Wildman–Crippen MR) is 96.5 cm³/mol. The van der Waals surface area contributed by atoms with E-state index < -0.39 is 24.1 Å². The molecule has 0 bridgehead atoms. The first kappa shape index (κ1) is 26.3. The first-order chi connectivity index (χ1) is 14.2. The van der Waals surface area contributed by atoms with Crippen molar-refractivity contribution in [2.24, 2.45) is 0 Å². The Kier molecular flexibility index (Phi) is 12.6. The van der Waals surface area contributed by atoms with Crippen LogP contribution in [0.5, 0.6) is 0 Å². The molecule has 2 aromatic heterocycles. The van der Waals surface area contributed by atoms with Crippen LogP contribution in [0.2, 0.25) is 0 Å². The van der Waals surface area contributed by atoms with Crippen LogP contribution < -0.4 is 0 Å². The molecule has 12 heteroatoms. The molecule has 0 aliphatic carbocycles. The molecule has 0 fully saturated rings. The van der Waals surface area contributed by atoms with Gasteiger partial charge in [0.15, 0.2) is 0 Å². The van der Waals surface area contributed by atoms with Crippen LogP contribution in [0.4, 0.5) is 13.2 Å². The second kappa shape index (κ2) is 14.3. The number of aliphatic hydroxyl groups excluding tert-OH is 2. The van der Waals surface area contributed by atoms with Gasteiger partial charge in [-0.25, -0.2) is 9.78 Å². The van der Waals surface area contributed by atoms with E-state index in [1.54, 1.807) is 30.9 Å². The van der Waals surface area contributed by atoms with Gasteiger partial charge >= 0.3 is 6.18 Å². The largest absolute Gasteiger partial charge is 0.515 e. The maximum atomic E-state index is 11.7. The number of carbonyl (C=O) groups is 1. The van der Waals surface area contributed by atoms with E-state index in [2.05, 4.69) is 19.9 Å². The van der Waals surface area contributed by atoms with E-state index in [9.17, 15) is 18.0 Å². The summed E-state index contributed by atoms with van der Waals surface area (Å²) in [6.45, 7) is 0.769. The van der Waals surface area contributed by atoms with Crippen molar-refractivity contribution < 1.29 is 42.5 Å². The minimum absolute atomic E-state index is 0.0366. The lowest BCUT2D eigenvalue weighted by molar-refractivity contribution is -0.265. The first-order valence-electron chi connectivity index (χ1n) is 7.82. The van der Waals surface area contributed by atoms with Gasteiger partial charge in [-0.15, -0.1) is 0 Å². The fourth-order valence-electron chi connectivity index (χ4n) is 1.39. The van der Waals surface area contributed by atoms with Gasteiger partial charge in [-0.3, -0.25) is 9.78 Å². The number of ketones is 1. The highest BCUT2D eigenvalue weighted by Crippen LogP contribution is 2.20. The van der Waals surface area contributed by atoms with Crippen LogP contribution >= 0.6 is 0 Å². The van der Waals surface area contributed by atoms with Crippen LogP contribution in [0.25, 0.3) is 11.1 Å². The maximum Gasteiger partial charge on any atom is 0.454 e. The highest BCUT2D eigenvalue weighted by atomic mass is 19.4. The molecule has 30 heavy (non-hydrogen) atoms. The number of pyridine rings is 1. The molecule has 162 valence electrons. The summed E-state index contributed by atoms with van der Waals surface area (Å²) in [5.41, 5.74) is 1.46. The number of hydrogen-bond donors (Lipinski definition) is 2. The number of nitrogens with zero attached hydrogens (tertiary/aromatic N) is 3. The van der Waals surface area contributed by atoms with Crippen molar-refractivity contribution in [1.82, 2.24) is 10.1 Å². The SMILES string of the molecule is C/C(C#N)=C\O.COOC/C(=C\O)C(=O)C(F)(F)F.c1cc(-c2cnoc2)ccn1. The Bertz CT molecular complexity index is 844. The van der Waals surface area contributed by atoms with Crippen molar-refractivity contribution in [1.29, 1.82) is 5.26 Å². The lowest BCUT2D eigenvalue weighted by atomic mass is 10.2. The van der Waals surface area contributed by atoms with Crippen molar-refractivity contribution in [2.75, 3.05) is 13.7 Å². The Morgan fingerprint density at radius 1 is 1.27 bits per heavy atom. The predicted octanol–water partition coefficient (Wildman–Crippen LogP) is 3.85. The molecule has 2 rings (SSSR count). The van der Waals surface area contributed by atoms with Crippen LogP contribution in [0.3, 0.4) is 0 Å². The third-order valence-electron chi connectivity index (χ3n) is 2.85. The zero-order valence-electron chi connectivity index (χ0n) is 15.8. The van der Waals surface area contributed by atoms with Gasteiger partial charge in [-0.05, 0) is 24.6 Å². The summed E-state index contributed by atoms with van der Waals surface area (Å²) in [6.07, 6.45) is 2.55. The van der Waals surface area contributed by atoms with Crippen molar-refractivity contribution >= 4 is 5.78 Å². The van der Waals surface area contributed by atoms with E-state index in [1.165, 1.54) is 6.92 Å². The van der Waals surface area contributed by atoms with Crippen molar-refractivity contribution in [3.05, 3.63) is 60.7 Å². The van der Waals surface area contributed by atoms with E-state index in [4.69, 9.17) is 20.0 Å². The molecule has 0 saturated carbocycles. The van der Waals surface area contributed by atoms with Crippen LogP contribution in [0.15, 0.2) is 65.2 Å². The third-order valence-corrected chi connectivity index (χ3v) is 2.85. The van der Waals surface area contributed by atoms with Gasteiger partial charge in [-0.2, -0.15) is 18.4 Å². The molecule has 2 N–H and O–H groups in total. The number of nitriles is 1. The van der Waals surface area contributed by atoms with Crippen molar-refractivity contribution in [3.63, 3.8) is 0 Å². The van der Waals surface area contributed by atoms with E-state index in [0.29, 0.717) is 5.57 Å². The zero-order valence-corrected chi connectivity index (χ0v) is 15.8. The van der Waals surface area contributed by atoms with Crippen molar-refractivity contribution in [2.45, 2.75) is 13.1 Å². The molecular weight excluding hydrogens is 411 g/mol. The molecule has 0 aliphatic heterocycles. The van der Waals surface area contributed by atoms with Gasteiger partial charge in [0.05, 0.1) is 43.0 Å². The number of carbonyl (C=O) groups excluding carboxylic acids is 1. The molecule has 2 aromatic rings. The third kappa shape index (κ3) is 10.6. The van der Waals surface area contributed by atoms with E-state index in [1.807, 2.05) is 12.1 Å². The number of rotatable bonds is 5. The summed E-state index contributed by atoms with van der Waals surface area (Å²) in [6, 6.07) is 5.54. The molecule has 0 atom stereocenters. The van der Waals surface area contributed by atoms with Gasteiger partial charge in [0, 0.05) is 18.0 Å². The standard InChI is InChI=1S/C8H6N2O.C6H7F3O4.C4H5NO/c1-3-9-4-2-7(1)8-5-10-11-6-8;1-12-13-3-4(2-10)5(11)6(7,8)9;1-4(2-5)3-6/h1-6H;2,10H,3H2,1H3;3,6H,1H3/b;4-2+;4-3+. The average Bonchev–Trinajstić information content (AvgIpc) is 3.29. The fraction of sp³-hybridized carbons (Fsp3) is 0.222. The molecule has 0 spiro atoms. The van der Waals surface area contributed by atoms with Crippen LogP contribution in [-0.4, -0.2) is 46.0 Å². The molecule has 0 aliphatic rings. The fourth-order valence-corrected chi connectivity index (χ4v) is 1.39. The molecule has 0 saturated heterocycles. The molecule has 9 nitrogen and oxygen atoms in total. The Morgan fingerprint density at radius 3 is 2.27 bits per heavy atom. The first-order valence-corrected chi connectivity index (χ1v) is 7.82. The highest BCUT2D eigenvalue weighted by molar-refractivity contribution is 5.99. The Labute approximate surface area is 169 Å². The molecular formula is C18H18F3N3O6. The van der Waals surface area contributed by atoms with E-state index >= 15 is 0 Å². The summed E-state index contributed by atoms with van der Waals surface area (Å²) in [5, 5.41) is 27.7. The van der Waals surface area contributed by atoms with Gasteiger partial charge in [0.25, 0.3) is 5.78 Å². The normalized spacial score (nSPS) is 11.3. The summed E-state index contributed by atoms with van der Waals surface area (Å²) >= 11 is 0. The highest BCUT2D eigenvalue weighted by Gasteiger charge is 2.40. The minimum Gasteiger partial charge on any atom is -0.515 e. The summed E-state index contributed by atoms with van der Waals surface area (Å²) in [7, 11) is 1.06. The molecule has 2 heterocycles. The Hall–Kier alpha value is -3.69. The number of alkyl halides is 3. The second-order valence-corrected chi connectivity index (χ2v) is 4.98. The summed E-state index contributed by atoms with van der Waals surface area (Å²) in [5.74, 6) is -2.16. The quantitative estimate of drug-likeness (QED) is 0.238. The van der Waals surface area contributed by atoms with Gasteiger partial charge in [0.2, 0.25) is 0 Å². The number of Topliss-reactive ketones (excluding diaryl/α,β-unsaturated/α-hetero) is 1.